The molecule has 0 spiro atoms. The van der Waals surface area contributed by atoms with Crippen LogP contribution in [0.4, 0.5) is 11.4 Å². The largest absolute Gasteiger partial charge is 0.365 e. The first-order chi connectivity index (χ1) is 15.0. The van der Waals surface area contributed by atoms with Crippen molar-refractivity contribution in [1.82, 2.24) is 14.7 Å². The van der Waals surface area contributed by atoms with E-state index < -0.39 is 10.5 Å². The van der Waals surface area contributed by atoms with E-state index in [-0.39, 0.29) is 16.6 Å². The molecule has 10 heteroatoms. The Bertz CT molecular complexity index is 1170. The molecule has 0 N–H and O–H groups in total. The van der Waals surface area contributed by atoms with Gasteiger partial charge in [-0.3, -0.25) is 19.7 Å². The molecule has 3 aromatic rings. The fourth-order valence-electron chi connectivity index (χ4n) is 3.46. The maximum absolute atomic E-state index is 12.7. The summed E-state index contributed by atoms with van der Waals surface area (Å²) in [5.74, 6) is -0.196. The summed E-state index contributed by atoms with van der Waals surface area (Å²) in [4.78, 5) is 39.2. The van der Waals surface area contributed by atoms with Crippen molar-refractivity contribution in [3.8, 4) is 5.69 Å². The van der Waals surface area contributed by atoms with Crippen LogP contribution in [-0.2, 0) is 0 Å². The molecule has 2 heterocycles. The summed E-state index contributed by atoms with van der Waals surface area (Å²) in [6.07, 6.45) is 1.56. The lowest BCUT2D eigenvalue weighted by atomic mass is 10.1. The third-order valence-electron chi connectivity index (χ3n) is 5.13. The Balaban J connectivity index is 1.46. The van der Waals surface area contributed by atoms with Crippen LogP contribution in [0, 0.1) is 10.1 Å². The second kappa shape index (κ2) is 8.57. The van der Waals surface area contributed by atoms with E-state index >= 15 is 0 Å². The summed E-state index contributed by atoms with van der Waals surface area (Å²) in [7, 11) is 0. The Morgan fingerprint density at radius 1 is 1.00 bits per heavy atom. The van der Waals surface area contributed by atoms with Crippen LogP contribution >= 0.6 is 11.6 Å². The van der Waals surface area contributed by atoms with Crippen LogP contribution in [-0.4, -0.2) is 51.7 Å². The number of halogens is 1. The number of aromatic nitrogens is 2. The van der Waals surface area contributed by atoms with Crippen LogP contribution in [0.5, 0.6) is 0 Å². The van der Waals surface area contributed by atoms with E-state index in [0.717, 1.165) is 0 Å². The highest BCUT2D eigenvalue weighted by Gasteiger charge is 2.25. The second-order valence-electron chi connectivity index (χ2n) is 6.98. The number of benzene rings is 2. The van der Waals surface area contributed by atoms with E-state index in [4.69, 9.17) is 11.6 Å². The maximum Gasteiger partial charge on any atom is 0.292 e. The van der Waals surface area contributed by atoms with Crippen molar-refractivity contribution in [3.63, 3.8) is 0 Å². The number of para-hydroxylation sites is 1. The van der Waals surface area contributed by atoms with E-state index in [1.54, 1.807) is 23.2 Å². The molecule has 31 heavy (non-hydrogen) atoms. The second-order valence-corrected chi connectivity index (χ2v) is 7.36. The van der Waals surface area contributed by atoms with Gasteiger partial charge < -0.3 is 9.80 Å². The van der Waals surface area contributed by atoms with E-state index in [2.05, 4.69) is 5.10 Å². The molecule has 158 valence electrons. The lowest BCUT2D eigenvalue weighted by Gasteiger charge is -2.36. The van der Waals surface area contributed by atoms with Crippen molar-refractivity contribution < 1.29 is 9.72 Å². The summed E-state index contributed by atoms with van der Waals surface area (Å²) in [5.41, 5.74) is 1.08. The van der Waals surface area contributed by atoms with Gasteiger partial charge in [-0.05, 0) is 24.3 Å². The number of rotatable bonds is 4. The molecular formula is C21H18ClN5O4. The zero-order valence-electron chi connectivity index (χ0n) is 16.3. The number of piperazine rings is 1. The number of hydrogen-bond donors (Lipinski definition) is 0. The standard InChI is InChI=1S/C21H18ClN5O4/c22-19-18(14-23-26(21(19)29)16-4-2-1-3-5-16)24-10-12-25(13-11-24)20(28)15-6-8-17(9-7-15)27(30)31/h1-9,14H,10-13H2. The molecule has 0 saturated carbocycles. The quantitative estimate of drug-likeness (QED) is 0.457. The van der Waals surface area contributed by atoms with Gasteiger partial charge in [-0.1, -0.05) is 29.8 Å². The minimum absolute atomic E-state index is 0.0613. The van der Waals surface area contributed by atoms with Crippen molar-refractivity contribution in [2.75, 3.05) is 31.1 Å². The number of anilines is 1. The normalized spacial score (nSPS) is 13.8. The molecular weight excluding hydrogens is 422 g/mol. The van der Waals surface area contributed by atoms with Gasteiger partial charge in [-0.2, -0.15) is 9.78 Å². The Hall–Kier alpha value is -3.72. The number of nitro groups is 1. The lowest BCUT2D eigenvalue weighted by Crippen LogP contribution is -2.49. The Kier molecular flexibility index (Phi) is 5.68. The van der Waals surface area contributed by atoms with Crippen LogP contribution in [0.25, 0.3) is 5.69 Å². The summed E-state index contributed by atoms with van der Waals surface area (Å²) in [5, 5.41) is 15.1. The van der Waals surface area contributed by atoms with Crippen molar-refractivity contribution in [2.45, 2.75) is 0 Å². The van der Waals surface area contributed by atoms with Gasteiger partial charge in [-0.15, -0.1) is 0 Å². The number of carbonyl (C=O) groups is 1. The van der Waals surface area contributed by atoms with E-state index in [1.165, 1.54) is 28.9 Å². The van der Waals surface area contributed by atoms with E-state index in [1.807, 2.05) is 23.1 Å². The molecule has 0 radical (unpaired) electrons. The molecule has 1 aliphatic rings. The fourth-order valence-corrected chi connectivity index (χ4v) is 3.70. The Morgan fingerprint density at radius 3 is 2.26 bits per heavy atom. The number of hydrogen-bond acceptors (Lipinski definition) is 6. The van der Waals surface area contributed by atoms with Crippen LogP contribution in [0.2, 0.25) is 5.02 Å². The van der Waals surface area contributed by atoms with Gasteiger partial charge >= 0.3 is 0 Å². The SMILES string of the molecule is O=C(c1ccc([N+](=O)[O-])cc1)N1CCN(c2cnn(-c3ccccc3)c(=O)c2Cl)CC1. The summed E-state index contributed by atoms with van der Waals surface area (Å²) < 4.78 is 1.25. The zero-order valence-corrected chi connectivity index (χ0v) is 17.1. The topological polar surface area (TPSA) is 102 Å². The highest BCUT2D eigenvalue weighted by molar-refractivity contribution is 6.33. The van der Waals surface area contributed by atoms with Crippen LogP contribution in [0.15, 0.2) is 65.6 Å². The van der Waals surface area contributed by atoms with Gasteiger partial charge in [0.15, 0.2) is 0 Å². The molecule has 1 fully saturated rings. The third-order valence-corrected chi connectivity index (χ3v) is 5.49. The molecule has 1 amide bonds. The zero-order chi connectivity index (χ0) is 22.0. The highest BCUT2D eigenvalue weighted by atomic mass is 35.5. The van der Waals surface area contributed by atoms with E-state index in [9.17, 15) is 19.7 Å². The fraction of sp³-hybridized carbons (Fsp3) is 0.190. The molecule has 0 atom stereocenters. The summed E-state index contributed by atoms with van der Waals surface area (Å²) in [6.45, 7) is 1.81. The van der Waals surface area contributed by atoms with E-state index in [0.29, 0.717) is 43.1 Å². The smallest absolute Gasteiger partial charge is 0.292 e. The predicted octanol–water partition coefficient (Wildman–Crippen LogP) is 2.76. The van der Waals surface area contributed by atoms with Crippen LogP contribution in [0.1, 0.15) is 10.4 Å². The molecule has 1 aliphatic heterocycles. The Labute approximate surface area is 182 Å². The number of nitrogens with zero attached hydrogens (tertiary/aromatic N) is 5. The summed E-state index contributed by atoms with van der Waals surface area (Å²) >= 11 is 6.37. The molecule has 1 saturated heterocycles. The van der Waals surface area contributed by atoms with Crippen molar-refractivity contribution in [2.24, 2.45) is 0 Å². The first-order valence-electron chi connectivity index (χ1n) is 9.57. The number of non-ortho nitro benzene ring substituents is 1. The molecule has 0 unspecified atom stereocenters. The van der Waals surface area contributed by atoms with Gasteiger partial charge in [0.1, 0.15) is 5.02 Å². The van der Waals surface area contributed by atoms with Gasteiger partial charge in [0.05, 0.1) is 22.5 Å². The average Bonchev–Trinajstić information content (AvgIpc) is 2.81. The predicted molar refractivity (Wildman–Crippen MR) is 116 cm³/mol. The monoisotopic (exact) mass is 439 g/mol. The average molecular weight is 440 g/mol. The first-order valence-corrected chi connectivity index (χ1v) is 9.95. The third kappa shape index (κ3) is 4.13. The number of nitro benzene ring substituents is 1. The lowest BCUT2D eigenvalue weighted by molar-refractivity contribution is -0.384. The van der Waals surface area contributed by atoms with Gasteiger partial charge in [0, 0.05) is 43.9 Å². The first kappa shape index (κ1) is 20.5. The molecule has 0 aliphatic carbocycles. The van der Waals surface area contributed by atoms with Gasteiger partial charge in [0.2, 0.25) is 0 Å². The van der Waals surface area contributed by atoms with Gasteiger partial charge in [0.25, 0.3) is 17.2 Å². The Morgan fingerprint density at radius 2 is 1.65 bits per heavy atom. The highest BCUT2D eigenvalue weighted by Crippen LogP contribution is 2.23. The van der Waals surface area contributed by atoms with Crippen LogP contribution < -0.4 is 10.5 Å². The minimum Gasteiger partial charge on any atom is -0.365 e. The van der Waals surface area contributed by atoms with Crippen molar-refractivity contribution >= 4 is 28.9 Å². The summed E-state index contributed by atoms with van der Waals surface area (Å²) in [6, 6.07) is 14.6. The molecule has 1 aromatic heterocycles. The van der Waals surface area contributed by atoms with Gasteiger partial charge in [-0.25, -0.2) is 0 Å². The number of amides is 1. The molecule has 0 bridgehead atoms. The minimum atomic E-state index is -0.504. The van der Waals surface area contributed by atoms with Crippen molar-refractivity contribution in [1.29, 1.82) is 0 Å². The van der Waals surface area contributed by atoms with Crippen molar-refractivity contribution in [3.05, 3.63) is 91.8 Å². The number of carbonyl (C=O) groups excluding carboxylic acids is 1. The van der Waals surface area contributed by atoms with Crippen LogP contribution in [0.3, 0.4) is 0 Å². The molecule has 9 nitrogen and oxygen atoms in total. The molecule has 4 rings (SSSR count). The molecule has 2 aromatic carbocycles. The maximum atomic E-state index is 12.7.